The maximum absolute atomic E-state index is 13.2. The SMILES string of the molecule is CNc1ccccc1[C@H](C)OC(=N)C1=C(C)N(CC2CCCO2)C(=O)CC1c1ccc(Cl)cc1. The number of halogens is 1. The van der Waals surface area contributed by atoms with Gasteiger partial charge in [-0.2, -0.15) is 0 Å². The summed E-state index contributed by atoms with van der Waals surface area (Å²) in [5.74, 6) is -0.150. The van der Waals surface area contributed by atoms with E-state index in [1.54, 1.807) is 4.90 Å². The van der Waals surface area contributed by atoms with E-state index < -0.39 is 0 Å². The number of carbonyl (C=O) groups excluding carboxylic acids is 1. The van der Waals surface area contributed by atoms with Crippen LogP contribution in [0.2, 0.25) is 5.02 Å². The number of anilines is 1. The van der Waals surface area contributed by atoms with E-state index in [2.05, 4.69) is 5.32 Å². The van der Waals surface area contributed by atoms with Crippen molar-refractivity contribution in [3.05, 3.63) is 76.0 Å². The van der Waals surface area contributed by atoms with Crippen LogP contribution in [0, 0.1) is 5.41 Å². The van der Waals surface area contributed by atoms with Crippen LogP contribution in [0.3, 0.4) is 0 Å². The van der Waals surface area contributed by atoms with Crippen molar-refractivity contribution in [1.29, 1.82) is 5.41 Å². The number of benzene rings is 2. The molecule has 0 bridgehead atoms. The summed E-state index contributed by atoms with van der Waals surface area (Å²) >= 11 is 6.12. The summed E-state index contributed by atoms with van der Waals surface area (Å²) in [7, 11) is 1.87. The number of amides is 1. The number of carbonyl (C=O) groups is 1. The van der Waals surface area contributed by atoms with Crippen LogP contribution < -0.4 is 5.32 Å². The number of hydrogen-bond acceptors (Lipinski definition) is 5. The zero-order valence-corrected chi connectivity index (χ0v) is 20.7. The molecule has 2 N–H and O–H groups in total. The molecule has 1 amide bonds. The fraction of sp³-hybridized carbons (Fsp3) is 0.407. The molecule has 0 aliphatic carbocycles. The number of para-hydroxylation sites is 1. The smallest absolute Gasteiger partial charge is 0.227 e. The maximum Gasteiger partial charge on any atom is 0.227 e. The van der Waals surface area contributed by atoms with Gasteiger partial charge in [0.1, 0.15) is 6.10 Å². The first-order valence-corrected chi connectivity index (χ1v) is 12.2. The quantitative estimate of drug-likeness (QED) is 0.381. The highest BCUT2D eigenvalue weighted by Crippen LogP contribution is 2.39. The van der Waals surface area contributed by atoms with Crippen molar-refractivity contribution in [2.45, 2.75) is 51.2 Å². The average molecular weight is 482 g/mol. The number of nitrogens with zero attached hydrogens (tertiary/aromatic N) is 1. The standard InChI is InChI=1S/C27H32ClN3O3/c1-17-26(27(29)34-18(2)22-8-4-5-9-24(22)30-3)23(19-10-12-20(28)13-11-19)15-25(32)31(17)16-21-7-6-14-33-21/h4-5,8-13,18,21,23,29-30H,6-7,14-16H2,1-3H3/t18-,21?,23?/m0/s1. The molecule has 0 aromatic heterocycles. The Labute approximate surface area is 206 Å². The largest absolute Gasteiger partial charge is 0.470 e. The van der Waals surface area contributed by atoms with Crippen LogP contribution in [0.5, 0.6) is 0 Å². The van der Waals surface area contributed by atoms with Gasteiger partial charge < -0.3 is 19.7 Å². The van der Waals surface area contributed by atoms with E-state index in [4.69, 9.17) is 26.5 Å². The van der Waals surface area contributed by atoms with E-state index in [0.717, 1.165) is 47.5 Å². The summed E-state index contributed by atoms with van der Waals surface area (Å²) in [5.41, 5.74) is 4.36. The van der Waals surface area contributed by atoms with E-state index in [1.165, 1.54) is 0 Å². The van der Waals surface area contributed by atoms with Crippen molar-refractivity contribution in [1.82, 2.24) is 4.90 Å². The minimum Gasteiger partial charge on any atom is -0.470 e. The van der Waals surface area contributed by atoms with Crippen molar-refractivity contribution in [3.8, 4) is 0 Å². The topological polar surface area (TPSA) is 74.7 Å². The molecule has 0 saturated carbocycles. The minimum atomic E-state index is -0.341. The van der Waals surface area contributed by atoms with Crippen LogP contribution in [0.15, 0.2) is 59.8 Å². The Morgan fingerprint density at radius 3 is 2.68 bits per heavy atom. The second-order valence-electron chi connectivity index (χ2n) is 8.87. The Kier molecular flexibility index (Phi) is 7.59. The second-order valence-corrected chi connectivity index (χ2v) is 9.31. The summed E-state index contributed by atoms with van der Waals surface area (Å²) in [6, 6.07) is 15.4. The lowest BCUT2D eigenvalue weighted by atomic mass is 9.83. The number of hydrogen-bond donors (Lipinski definition) is 2. The minimum absolute atomic E-state index is 0.0313. The summed E-state index contributed by atoms with van der Waals surface area (Å²) < 4.78 is 12.0. The lowest BCUT2D eigenvalue weighted by Crippen LogP contribution is -2.42. The summed E-state index contributed by atoms with van der Waals surface area (Å²) in [6.45, 7) is 5.09. The van der Waals surface area contributed by atoms with Crippen LogP contribution in [-0.4, -0.2) is 43.0 Å². The van der Waals surface area contributed by atoms with Crippen LogP contribution in [0.1, 0.15) is 56.3 Å². The Bertz CT molecular complexity index is 1080. The molecule has 1 fully saturated rings. The molecule has 2 aromatic rings. The molecule has 7 heteroatoms. The molecule has 0 spiro atoms. The summed E-state index contributed by atoms with van der Waals surface area (Å²) in [4.78, 5) is 15.0. The van der Waals surface area contributed by atoms with Gasteiger partial charge in [-0.25, -0.2) is 0 Å². The van der Waals surface area contributed by atoms with Crippen molar-refractivity contribution < 1.29 is 14.3 Å². The van der Waals surface area contributed by atoms with Crippen LogP contribution in [0.25, 0.3) is 0 Å². The normalized spacial score (nSPS) is 21.5. The van der Waals surface area contributed by atoms with Gasteiger partial charge in [0.15, 0.2) is 0 Å². The van der Waals surface area contributed by atoms with Gasteiger partial charge in [-0.05, 0) is 50.5 Å². The Morgan fingerprint density at radius 1 is 1.26 bits per heavy atom. The van der Waals surface area contributed by atoms with E-state index >= 15 is 0 Å². The Balaban J connectivity index is 1.67. The first kappa shape index (κ1) is 24.3. The van der Waals surface area contributed by atoms with Gasteiger partial charge in [-0.3, -0.25) is 10.2 Å². The van der Waals surface area contributed by atoms with Gasteiger partial charge in [-0.15, -0.1) is 0 Å². The molecule has 2 heterocycles. The van der Waals surface area contributed by atoms with Gasteiger partial charge in [0, 0.05) is 53.5 Å². The van der Waals surface area contributed by atoms with Crippen molar-refractivity contribution in [2.24, 2.45) is 0 Å². The van der Waals surface area contributed by atoms with Crippen molar-refractivity contribution >= 4 is 29.1 Å². The second kappa shape index (κ2) is 10.6. The van der Waals surface area contributed by atoms with Gasteiger partial charge in [0.2, 0.25) is 11.8 Å². The van der Waals surface area contributed by atoms with Gasteiger partial charge in [0.05, 0.1) is 12.6 Å². The molecule has 1 saturated heterocycles. The average Bonchev–Trinajstić information content (AvgIpc) is 3.35. The highest BCUT2D eigenvalue weighted by atomic mass is 35.5. The molecular formula is C27H32ClN3O3. The lowest BCUT2D eigenvalue weighted by molar-refractivity contribution is -0.131. The molecule has 34 heavy (non-hydrogen) atoms. The Hall–Kier alpha value is -2.83. The van der Waals surface area contributed by atoms with Crippen LogP contribution in [0.4, 0.5) is 5.69 Å². The molecule has 3 atom stereocenters. The predicted octanol–water partition coefficient (Wildman–Crippen LogP) is 5.91. The number of allylic oxidation sites excluding steroid dienone is 1. The third-order valence-corrected chi connectivity index (χ3v) is 6.96. The predicted molar refractivity (Wildman–Crippen MR) is 135 cm³/mol. The molecule has 2 aliphatic heterocycles. The highest BCUT2D eigenvalue weighted by molar-refractivity contribution is 6.30. The zero-order valence-electron chi connectivity index (χ0n) is 19.9. The van der Waals surface area contributed by atoms with Crippen LogP contribution in [-0.2, 0) is 14.3 Å². The van der Waals surface area contributed by atoms with Gasteiger partial charge in [0.25, 0.3) is 0 Å². The zero-order chi connectivity index (χ0) is 24.2. The first-order chi connectivity index (χ1) is 16.4. The van der Waals surface area contributed by atoms with E-state index in [0.29, 0.717) is 11.6 Å². The molecule has 2 aliphatic rings. The number of ether oxygens (including phenoxy) is 2. The fourth-order valence-electron chi connectivity index (χ4n) is 4.89. The molecule has 2 unspecified atom stereocenters. The molecule has 2 aromatic carbocycles. The summed E-state index contributed by atoms with van der Waals surface area (Å²) in [6.07, 6.45) is 1.92. The third kappa shape index (κ3) is 5.13. The molecule has 180 valence electrons. The fourth-order valence-corrected chi connectivity index (χ4v) is 5.01. The molecule has 6 nitrogen and oxygen atoms in total. The van der Waals surface area contributed by atoms with E-state index in [1.807, 2.05) is 69.4 Å². The van der Waals surface area contributed by atoms with E-state index in [-0.39, 0.29) is 36.4 Å². The monoisotopic (exact) mass is 481 g/mol. The molecule has 0 radical (unpaired) electrons. The van der Waals surface area contributed by atoms with Crippen LogP contribution >= 0.6 is 11.6 Å². The maximum atomic E-state index is 13.2. The molecular weight excluding hydrogens is 450 g/mol. The van der Waals surface area contributed by atoms with E-state index in [9.17, 15) is 4.79 Å². The Morgan fingerprint density at radius 2 is 2.00 bits per heavy atom. The molecule has 4 rings (SSSR count). The third-order valence-electron chi connectivity index (χ3n) is 6.71. The first-order valence-electron chi connectivity index (χ1n) is 11.8. The van der Waals surface area contributed by atoms with Crippen molar-refractivity contribution in [2.75, 3.05) is 25.5 Å². The number of nitrogens with one attached hydrogen (secondary N) is 2. The van der Waals surface area contributed by atoms with Gasteiger partial charge >= 0.3 is 0 Å². The number of rotatable bonds is 7. The van der Waals surface area contributed by atoms with Gasteiger partial charge in [-0.1, -0.05) is 41.9 Å². The lowest BCUT2D eigenvalue weighted by Gasteiger charge is -2.36. The van der Waals surface area contributed by atoms with Crippen molar-refractivity contribution in [3.63, 3.8) is 0 Å². The highest BCUT2D eigenvalue weighted by Gasteiger charge is 2.37. The summed E-state index contributed by atoms with van der Waals surface area (Å²) in [5, 5.41) is 12.8.